The minimum Gasteiger partial charge on any atom is -0.494 e. The van der Waals surface area contributed by atoms with Crippen LogP contribution in [0.25, 0.3) is 0 Å². The Morgan fingerprint density at radius 3 is 2.22 bits per heavy atom. The Hall–Kier alpha value is -5.18. The molecular weight excluding hydrogens is 617 g/mol. The average Bonchev–Trinajstić information content (AvgIpc) is 3.45. The molecule has 0 bridgehead atoms. The molecule has 3 aromatic heterocycles. The molecule has 0 aliphatic heterocycles. The fraction of sp³-hybridized carbons (Fsp3) is 0.188. The summed E-state index contributed by atoms with van der Waals surface area (Å²) in [5.74, 6) is -0.973. The fourth-order valence-electron chi connectivity index (χ4n) is 4.30. The molecule has 0 radical (unpaired) electrons. The van der Waals surface area contributed by atoms with E-state index < -0.39 is 21.8 Å². The molecule has 0 spiro atoms. The molecule has 2 aromatic carbocycles. The molecule has 0 atom stereocenters. The number of methoxy groups -OCH3 is 2. The van der Waals surface area contributed by atoms with Gasteiger partial charge in [-0.25, -0.2) is 4.39 Å². The molecule has 3 heterocycles. The van der Waals surface area contributed by atoms with Gasteiger partial charge in [0.2, 0.25) is 0 Å². The summed E-state index contributed by atoms with van der Waals surface area (Å²) in [7, 11) is -1.12. The first kappa shape index (κ1) is 33.7. The normalized spacial score (nSPS) is 11.0. The maximum absolute atomic E-state index is 14.4. The van der Waals surface area contributed by atoms with Crippen LogP contribution in [-0.2, 0) is 41.1 Å². The van der Waals surface area contributed by atoms with Gasteiger partial charge in [-0.05, 0) is 29.3 Å². The predicted molar refractivity (Wildman–Crippen MR) is 166 cm³/mol. The van der Waals surface area contributed by atoms with Gasteiger partial charge < -0.3 is 19.4 Å². The number of amides is 1. The number of rotatable bonds is 11. The molecule has 12 nitrogen and oxygen atoms in total. The van der Waals surface area contributed by atoms with E-state index in [1.165, 1.54) is 44.7 Å². The third-order valence-corrected chi connectivity index (χ3v) is 7.45. The summed E-state index contributed by atoms with van der Waals surface area (Å²) in [5, 5.41) is 7.18. The zero-order valence-corrected chi connectivity index (χ0v) is 25.9. The lowest BCUT2D eigenvalue weighted by Crippen LogP contribution is -2.24. The van der Waals surface area contributed by atoms with Crippen LogP contribution >= 0.6 is 0 Å². The molecule has 46 heavy (non-hydrogen) atoms. The number of benzene rings is 2. The summed E-state index contributed by atoms with van der Waals surface area (Å²) in [6.07, 6.45) is 4.81. The molecular formula is C32H32FN5O7S. The minimum absolute atomic E-state index is 0.0560. The Labute approximate surface area is 264 Å². The summed E-state index contributed by atoms with van der Waals surface area (Å²) in [6.45, 7) is 0.951. The van der Waals surface area contributed by atoms with Gasteiger partial charge in [-0.15, -0.1) is 0 Å². The standard InChI is InChI=1S/C26H26FN5O4.C6H6O3S/c1-35-17-22-20(26(34)29-13-21-25(27)23(36-2)10-11-28-21)16-32(30-22)15-19-8-6-18(7-9-19)14-31-12-4-3-5-24(31)33;7-10(8,9)6-4-2-1-3-5-6/h3-12,16H,13-15,17H2,1-2H3,(H,29,34);1-5H,(H,7,8,9). The summed E-state index contributed by atoms with van der Waals surface area (Å²) < 4.78 is 57.0. The van der Waals surface area contributed by atoms with Gasteiger partial charge in [0, 0.05) is 37.8 Å². The molecule has 1 amide bonds. The number of nitrogens with zero attached hydrogens (tertiary/aromatic N) is 4. The van der Waals surface area contributed by atoms with Crippen LogP contribution in [-0.4, -0.2) is 52.4 Å². The van der Waals surface area contributed by atoms with Crippen molar-refractivity contribution in [3.63, 3.8) is 0 Å². The Morgan fingerprint density at radius 1 is 0.935 bits per heavy atom. The number of aromatic nitrogens is 4. The lowest BCUT2D eigenvalue weighted by molar-refractivity contribution is 0.0945. The van der Waals surface area contributed by atoms with Gasteiger partial charge in [0.05, 0.1) is 49.5 Å². The monoisotopic (exact) mass is 649 g/mol. The van der Waals surface area contributed by atoms with Crippen LogP contribution in [0.3, 0.4) is 0 Å². The van der Waals surface area contributed by atoms with E-state index in [0.29, 0.717) is 24.3 Å². The molecule has 0 saturated heterocycles. The van der Waals surface area contributed by atoms with Crippen molar-refractivity contribution in [2.24, 2.45) is 0 Å². The molecule has 0 saturated carbocycles. The molecule has 2 N–H and O–H groups in total. The van der Waals surface area contributed by atoms with Gasteiger partial charge in [-0.1, -0.05) is 48.5 Å². The Morgan fingerprint density at radius 2 is 1.61 bits per heavy atom. The number of hydrogen-bond acceptors (Lipinski definition) is 8. The van der Waals surface area contributed by atoms with Crippen LogP contribution < -0.4 is 15.6 Å². The van der Waals surface area contributed by atoms with E-state index in [0.717, 1.165) is 11.1 Å². The van der Waals surface area contributed by atoms with E-state index in [2.05, 4.69) is 15.4 Å². The quantitative estimate of drug-likeness (QED) is 0.204. The van der Waals surface area contributed by atoms with Crippen molar-refractivity contribution >= 4 is 16.0 Å². The van der Waals surface area contributed by atoms with E-state index >= 15 is 0 Å². The number of hydrogen-bond donors (Lipinski definition) is 2. The lowest BCUT2D eigenvalue weighted by atomic mass is 10.1. The van der Waals surface area contributed by atoms with Gasteiger partial charge in [0.1, 0.15) is 5.69 Å². The molecule has 0 unspecified atom stereocenters. The summed E-state index contributed by atoms with van der Waals surface area (Å²) in [6, 6.07) is 21.7. The second-order valence-corrected chi connectivity index (χ2v) is 11.3. The molecule has 5 rings (SSSR count). The van der Waals surface area contributed by atoms with Crippen molar-refractivity contribution in [3.05, 3.63) is 142 Å². The fourth-order valence-corrected chi connectivity index (χ4v) is 4.80. The summed E-state index contributed by atoms with van der Waals surface area (Å²) in [5.41, 5.74) is 2.78. The topological polar surface area (TPSA) is 155 Å². The first-order valence-electron chi connectivity index (χ1n) is 13.9. The Bertz CT molecular complexity index is 1930. The molecule has 0 aliphatic carbocycles. The maximum Gasteiger partial charge on any atom is 0.294 e. The SMILES string of the molecule is COCc1nn(Cc2ccc(Cn3ccccc3=O)cc2)cc1C(=O)NCc1nccc(OC)c1F.O=S(=O)(O)c1ccccc1. The van der Waals surface area contributed by atoms with Gasteiger partial charge in [0.15, 0.2) is 11.6 Å². The van der Waals surface area contributed by atoms with Crippen LogP contribution in [0.15, 0.2) is 107 Å². The number of halogens is 1. The van der Waals surface area contributed by atoms with Crippen LogP contribution in [0.5, 0.6) is 5.75 Å². The number of nitrogens with one attached hydrogen (secondary N) is 1. The highest BCUT2D eigenvalue weighted by molar-refractivity contribution is 7.85. The third kappa shape index (κ3) is 9.17. The summed E-state index contributed by atoms with van der Waals surface area (Å²) >= 11 is 0. The van der Waals surface area contributed by atoms with E-state index in [-0.39, 0.29) is 35.0 Å². The highest BCUT2D eigenvalue weighted by Gasteiger charge is 2.18. The smallest absolute Gasteiger partial charge is 0.294 e. The average molecular weight is 650 g/mol. The highest BCUT2D eigenvalue weighted by Crippen LogP contribution is 2.18. The van der Waals surface area contributed by atoms with Crippen LogP contribution in [0, 0.1) is 5.82 Å². The molecule has 240 valence electrons. The second-order valence-electron chi connectivity index (χ2n) is 9.85. The molecule has 0 fully saturated rings. The zero-order chi connectivity index (χ0) is 33.1. The number of pyridine rings is 2. The van der Waals surface area contributed by atoms with E-state index in [1.54, 1.807) is 45.9 Å². The van der Waals surface area contributed by atoms with Gasteiger partial charge in [0.25, 0.3) is 21.6 Å². The van der Waals surface area contributed by atoms with Crippen molar-refractivity contribution in [1.82, 2.24) is 24.6 Å². The van der Waals surface area contributed by atoms with Crippen LogP contribution in [0.4, 0.5) is 4.39 Å². The highest BCUT2D eigenvalue weighted by atomic mass is 32.2. The predicted octanol–water partition coefficient (Wildman–Crippen LogP) is 3.69. The first-order valence-corrected chi connectivity index (χ1v) is 15.3. The summed E-state index contributed by atoms with van der Waals surface area (Å²) in [4.78, 5) is 28.7. The second kappa shape index (κ2) is 15.7. The lowest BCUT2D eigenvalue weighted by Gasteiger charge is -2.08. The first-order chi connectivity index (χ1) is 22.1. The number of carbonyl (C=O) groups is 1. The van der Waals surface area contributed by atoms with Crippen molar-refractivity contribution in [2.45, 2.75) is 31.1 Å². The van der Waals surface area contributed by atoms with Crippen LogP contribution in [0.1, 0.15) is 32.9 Å². The van der Waals surface area contributed by atoms with Crippen LogP contribution in [0.2, 0.25) is 0 Å². The van der Waals surface area contributed by atoms with Gasteiger partial charge in [-0.2, -0.15) is 13.5 Å². The van der Waals surface area contributed by atoms with Gasteiger partial charge in [-0.3, -0.25) is 23.8 Å². The van der Waals surface area contributed by atoms with E-state index in [9.17, 15) is 22.4 Å². The van der Waals surface area contributed by atoms with Crippen molar-refractivity contribution in [3.8, 4) is 5.75 Å². The molecule has 14 heteroatoms. The molecule has 0 aliphatic rings. The molecule has 5 aromatic rings. The largest absolute Gasteiger partial charge is 0.494 e. The van der Waals surface area contributed by atoms with Crippen molar-refractivity contribution < 1.29 is 31.6 Å². The van der Waals surface area contributed by atoms with E-state index in [1.807, 2.05) is 30.3 Å². The Kier molecular flexibility index (Phi) is 11.5. The van der Waals surface area contributed by atoms with Gasteiger partial charge >= 0.3 is 0 Å². The zero-order valence-electron chi connectivity index (χ0n) is 25.0. The Balaban J connectivity index is 0.000000409. The minimum atomic E-state index is -4.00. The number of ether oxygens (including phenoxy) is 2. The van der Waals surface area contributed by atoms with E-state index in [4.69, 9.17) is 14.0 Å². The van der Waals surface area contributed by atoms with Crippen molar-refractivity contribution in [2.75, 3.05) is 14.2 Å². The van der Waals surface area contributed by atoms with Crippen molar-refractivity contribution in [1.29, 1.82) is 0 Å². The third-order valence-electron chi connectivity index (χ3n) is 6.59. The number of carbonyl (C=O) groups excluding carboxylic acids is 1. The maximum atomic E-state index is 14.4.